The van der Waals surface area contributed by atoms with Gasteiger partial charge in [0.15, 0.2) is 0 Å². The summed E-state index contributed by atoms with van der Waals surface area (Å²) < 4.78 is 5.24. The molecule has 0 aliphatic heterocycles. The van der Waals surface area contributed by atoms with Crippen LogP contribution in [0, 0.1) is 0 Å². The number of hydrogen-bond donors (Lipinski definition) is 1. The Morgan fingerprint density at radius 1 is 1.00 bits per heavy atom. The van der Waals surface area contributed by atoms with Crippen molar-refractivity contribution in [2.75, 3.05) is 0 Å². The van der Waals surface area contributed by atoms with Gasteiger partial charge in [-0.05, 0) is 12.1 Å². The van der Waals surface area contributed by atoms with E-state index < -0.39 is 0 Å². The van der Waals surface area contributed by atoms with Crippen molar-refractivity contribution in [2.24, 2.45) is 0 Å². The van der Waals surface area contributed by atoms with E-state index in [9.17, 15) is 0 Å². The van der Waals surface area contributed by atoms with Crippen molar-refractivity contribution >= 4 is 22.2 Å². The third-order valence-electron chi connectivity index (χ3n) is 1.85. The number of nitrogens with one attached hydrogen (secondary N) is 1. The number of benzene rings is 1. The minimum Gasteiger partial charge on any atom is -0.423 e. The van der Waals surface area contributed by atoms with E-state index in [1.54, 1.807) is 0 Å². The minimum atomic E-state index is 0.908. The highest BCUT2D eigenvalue weighted by Gasteiger charge is 2.10. The predicted molar refractivity (Wildman–Crippen MR) is 39.3 cm³/mol. The molecule has 0 saturated heterocycles. The molecule has 0 unspecified atom stereocenters. The molecule has 48 valence electrons. The fourth-order valence-corrected chi connectivity index (χ4v) is 1.33. The lowest BCUT2D eigenvalue weighted by molar-refractivity contribution is 0.598. The van der Waals surface area contributed by atoms with Gasteiger partial charge in [-0.25, -0.2) is 0 Å². The zero-order valence-electron chi connectivity index (χ0n) is 5.22. The predicted octanol–water partition coefficient (Wildman–Crippen LogP) is 2.35. The van der Waals surface area contributed by atoms with Crippen molar-refractivity contribution in [3.63, 3.8) is 0 Å². The van der Waals surface area contributed by atoms with Crippen LogP contribution < -0.4 is 0 Å². The molecule has 2 bridgehead atoms. The van der Waals surface area contributed by atoms with Gasteiger partial charge in [-0.15, -0.1) is 0 Å². The molecule has 0 saturated carbocycles. The number of hydrogen-bond acceptors (Lipinski definition) is 1. The smallest absolute Gasteiger partial charge is 0.210 e. The molecule has 0 radical (unpaired) electrons. The second-order valence-electron chi connectivity index (χ2n) is 2.43. The molecular formula is C8H5NO. The normalized spacial score (nSPS) is 12.0. The van der Waals surface area contributed by atoms with Crippen LogP contribution in [0.4, 0.5) is 0 Å². The number of aromatic amines is 1. The quantitative estimate of drug-likeness (QED) is 0.498. The van der Waals surface area contributed by atoms with Gasteiger partial charge < -0.3 is 4.42 Å². The van der Waals surface area contributed by atoms with Crippen LogP contribution in [0.5, 0.6) is 0 Å². The molecule has 0 aliphatic carbocycles. The molecule has 4 aromatic rings. The molecule has 3 heterocycles. The summed E-state index contributed by atoms with van der Waals surface area (Å²) in [4.78, 5) is 3.09. The average Bonchev–Trinajstić information content (AvgIpc) is 2.36. The van der Waals surface area contributed by atoms with Gasteiger partial charge in [-0.1, -0.05) is 12.1 Å². The maximum Gasteiger partial charge on any atom is 0.210 e. The van der Waals surface area contributed by atoms with Crippen LogP contribution in [-0.2, 0) is 0 Å². The first kappa shape index (κ1) is 4.39. The minimum absolute atomic E-state index is 0.908. The monoisotopic (exact) mass is 131 g/mol. The molecule has 10 heavy (non-hydrogen) atoms. The SMILES string of the molecule is c1ccc2c3[nH]c(o3)c2c1. The molecule has 1 N–H and O–H groups in total. The molecule has 2 heteroatoms. The van der Waals surface area contributed by atoms with E-state index in [1.165, 1.54) is 10.8 Å². The van der Waals surface area contributed by atoms with Crippen molar-refractivity contribution in [3.8, 4) is 0 Å². The molecule has 0 amide bonds. The molecule has 2 nitrogen and oxygen atoms in total. The summed E-state index contributed by atoms with van der Waals surface area (Å²) in [5, 5.41) is 2.38. The first-order chi connectivity index (χ1) is 4.95. The first-order valence-corrected chi connectivity index (χ1v) is 3.24. The standard InChI is InChI=1S/C8H5NO/c1-2-4-6-5(3-1)7-9-8(6)10-7/h1-4,9H. The zero-order chi connectivity index (χ0) is 6.55. The Labute approximate surface area is 56.8 Å². The fraction of sp³-hybridized carbons (Fsp3) is 0. The highest BCUT2D eigenvalue weighted by atomic mass is 16.4. The van der Waals surface area contributed by atoms with E-state index in [4.69, 9.17) is 4.42 Å². The fourth-order valence-electron chi connectivity index (χ4n) is 1.33. The lowest BCUT2D eigenvalue weighted by Gasteiger charge is -1.86. The van der Waals surface area contributed by atoms with Gasteiger partial charge in [-0.2, -0.15) is 0 Å². The Hall–Kier alpha value is -1.44. The zero-order valence-corrected chi connectivity index (χ0v) is 5.22. The number of H-pyrrole nitrogens is 1. The largest absolute Gasteiger partial charge is 0.423 e. The summed E-state index contributed by atoms with van der Waals surface area (Å²) in [6.07, 6.45) is 0. The maximum absolute atomic E-state index is 5.24. The summed E-state index contributed by atoms with van der Waals surface area (Å²) in [5.41, 5.74) is 1.82. The highest BCUT2D eigenvalue weighted by molar-refractivity contribution is 6.06. The lowest BCUT2D eigenvalue weighted by atomic mass is 10.2. The topological polar surface area (TPSA) is 28.9 Å². The van der Waals surface area contributed by atoms with Gasteiger partial charge in [0.05, 0.1) is 0 Å². The molecule has 1 aromatic carbocycles. The highest BCUT2D eigenvalue weighted by Crippen LogP contribution is 2.30. The third kappa shape index (κ3) is 0.310. The lowest BCUT2D eigenvalue weighted by Crippen LogP contribution is -1.69. The van der Waals surface area contributed by atoms with Crippen LogP contribution in [0.25, 0.3) is 22.2 Å². The Kier molecular flexibility index (Phi) is 0.520. The van der Waals surface area contributed by atoms with Crippen molar-refractivity contribution in [3.05, 3.63) is 24.3 Å². The number of aromatic nitrogens is 1. The van der Waals surface area contributed by atoms with Crippen molar-refractivity contribution in [2.45, 2.75) is 0 Å². The van der Waals surface area contributed by atoms with Crippen LogP contribution in [0.1, 0.15) is 0 Å². The second kappa shape index (κ2) is 1.19. The third-order valence-corrected chi connectivity index (χ3v) is 1.85. The summed E-state index contributed by atoms with van der Waals surface area (Å²) in [7, 11) is 0. The molecular weight excluding hydrogens is 126 g/mol. The van der Waals surface area contributed by atoms with Crippen molar-refractivity contribution in [1.82, 2.24) is 4.98 Å². The van der Waals surface area contributed by atoms with Crippen LogP contribution in [0.15, 0.2) is 28.7 Å². The molecule has 4 rings (SSSR count). The number of rotatable bonds is 0. The molecule has 3 aromatic heterocycles. The van der Waals surface area contributed by atoms with Crippen LogP contribution in [0.2, 0.25) is 0 Å². The first-order valence-electron chi connectivity index (χ1n) is 3.24. The van der Waals surface area contributed by atoms with E-state index in [1.807, 2.05) is 12.1 Å². The van der Waals surface area contributed by atoms with Gasteiger partial charge in [0, 0.05) is 10.8 Å². The van der Waals surface area contributed by atoms with E-state index in [2.05, 4.69) is 17.1 Å². The summed E-state index contributed by atoms with van der Waals surface area (Å²) in [6, 6.07) is 8.13. The Morgan fingerprint density at radius 2 is 1.50 bits per heavy atom. The molecule has 0 spiro atoms. The van der Waals surface area contributed by atoms with Crippen LogP contribution in [0.3, 0.4) is 0 Å². The summed E-state index contributed by atoms with van der Waals surface area (Å²) in [6.45, 7) is 0. The van der Waals surface area contributed by atoms with E-state index in [-0.39, 0.29) is 0 Å². The summed E-state index contributed by atoms with van der Waals surface area (Å²) in [5.74, 6) is 0. The molecule has 0 atom stereocenters. The van der Waals surface area contributed by atoms with Crippen LogP contribution >= 0.6 is 0 Å². The Bertz CT molecular complexity index is 408. The van der Waals surface area contributed by atoms with E-state index in [0.717, 1.165) is 11.4 Å². The molecule has 0 fully saturated rings. The average molecular weight is 131 g/mol. The van der Waals surface area contributed by atoms with E-state index >= 15 is 0 Å². The van der Waals surface area contributed by atoms with Gasteiger partial charge in [-0.3, -0.25) is 4.98 Å². The number of furan rings is 1. The Balaban J connectivity index is 2.78. The maximum atomic E-state index is 5.24. The van der Waals surface area contributed by atoms with Crippen molar-refractivity contribution < 1.29 is 4.42 Å². The summed E-state index contributed by atoms with van der Waals surface area (Å²) >= 11 is 0. The van der Waals surface area contributed by atoms with Gasteiger partial charge in [0.1, 0.15) is 0 Å². The van der Waals surface area contributed by atoms with E-state index in [0.29, 0.717) is 0 Å². The van der Waals surface area contributed by atoms with Crippen LogP contribution in [-0.4, -0.2) is 4.98 Å². The van der Waals surface area contributed by atoms with Gasteiger partial charge in [0.2, 0.25) is 11.4 Å². The van der Waals surface area contributed by atoms with Crippen molar-refractivity contribution in [1.29, 1.82) is 0 Å². The second-order valence-corrected chi connectivity index (χ2v) is 2.43. The van der Waals surface area contributed by atoms with Gasteiger partial charge >= 0.3 is 0 Å². The van der Waals surface area contributed by atoms with Gasteiger partial charge in [0.25, 0.3) is 0 Å². The molecule has 0 aliphatic rings. The Morgan fingerprint density at radius 3 is 2.00 bits per heavy atom.